The van der Waals surface area contributed by atoms with Crippen molar-refractivity contribution in [2.75, 3.05) is 0 Å². The minimum absolute atomic E-state index is 0.0707. The largest absolute Gasteiger partial charge is 0.489 e. The van der Waals surface area contributed by atoms with E-state index in [1.165, 1.54) is 6.21 Å². The van der Waals surface area contributed by atoms with Gasteiger partial charge in [0.1, 0.15) is 12.4 Å². The number of halogens is 2. The van der Waals surface area contributed by atoms with Gasteiger partial charge < -0.3 is 10.1 Å². The van der Waals surface area contributed by atoms with Crippen molar-refractivity contribution >= 4 is 41.2 Å². The summed E-state index contributed by atoms with van der Waals surface area (Å²) in [6.07, 6.45) is 2.18. The summed E-state index contributed by atoms with van der Waals surface area (Å²) in [5.74, 6) is -0.851. The summed E-state index contributed by atoms with van der Waals surface area (Å²) in [5.41, 5.74) is 3.84. The van der Waals surface area contributed by atoms with Gasteiger partial charge in [-0.05, 0) is 60.9 Å². The lowest BCUT2D eigenvalue weighted by molar-refractivity contribution is -0.139. The van der Waals surface area contributed by atoms with Crippen LogP contribution in [0.25, 0.3) is 0 Å². The summed E-state index contributed by atoms with van der Waals surface area (Å²) < 4.78 is 5.69. The zero-order chi connectivity index (χ0) is 20.5. The van der Waals surface area contributed by atoms with Crippen LogP contribution >= 0.6 is 23.2 Å². The average molecular weight is 422 g/mol. The van der Waals surface area contributed by atoms with Crippen LogP contribution in [0.4, 0.5) is 0 Å². The molecule has 2 rings (SSSR count). The fourth-order valence-corrected chi connectivity index (χ4v) is 2.37. The highest BCUT2D eigenvalue weighted by molar-refractivity contribution is 6.42. The quantitative estimate of drug-likeness (QED) is 0.403. The molecule has 2 aromatic rings. The van der Waals surface area contributed by atoms with Crippen LogP contribution in [-0.4, -0.2) is 24.1 Å². The summed E-state index contributed by atoms with van der Waals surface area (Å²) in [6.45, 7) is 4.09. The average Bonchev–Trinajstić information content (AvgIpc) is 2.69. The van der Waals surface area contributed by atoms with Crippen LogP contribution in [0.3, 0.4) is 0 Å². The second-order valence-corrected chi connectivity index (χ2v) is 6.90. The van der Waals surface area contributed by atoms with E-state index in [9.17, 15) is 9.59 Å². The minimum Gasteiger partial charge on any atom is -0.489 e. The standard InChI is InChI=1S/C20H21Cl2N3O3/c1-3-13(2)24-19(26)20(27)25-23-11-14-4-7-16(8-5-14)28-12-15-6-9-17(21)18(22)10-15/h4-11,13H,3,12H2,1-2H3,(H,24,26)(H,25,27)/b23-11-/t13-/m0/s1. The highest BCUT2D eigenvalue weighted by atomic mass is 35.5. The number of hydrazone groups is 1. The van der Waals surface area contributed by atoms with Crippen LogP contribution in [0.15, 0.2) is 47.6 Å². The van der Waals surface area contributed by atoms with Gasteiger partial charge >= 0.3 is 11.8 Å². The molecule has 0 fully saturated rings. The Kier molecular flexibility index (Phi) is 8.29. The second-order valence-electron chi connectivity index (χ2n) is 6.09. The summed E-state index contributed by atoms with van der Waals surface area (Å²) in [5, 5.41) is 7.33. The van der Waals surface area contributed by atoms with E-state index >= 15 is 0 Å². The highest BCUT2D eigenvalue weighted by Gasteiger charge is 2.14. The number of hydrogen-bond donors (Lipinski definition) is 2. The van der Waals surface area contributed by atoms with E-state index in [1.807, 2.05) is 19.9 Å². The van der Waals surface area contributed by atoms with Crippen molar-refractivity contribution < 1.29 is 14.3 Å². The first-order chi connectivity index (χ1) is 13.4. The number of rotatable bonds is 7. The highest BCUT2D eigenvalue weighted by Crippen LogP contribution is 2.23. The van der Waals surface area contributed by atoms with Gasteiger partial charge in [0, 0.05) is 6.04 Å². The zero-order valence-corrected chi connectivity index (χ0v) is 17.1. The van der Waals surface area contributed by atoms with Crippen LogP contribution in [-0.2, 0) is 16.2 Å². The molecule has 0 radical (unpaired) electrons. The Labute approximate surface area is 173 Å². The third-order valence-corrected chi connectivity index (χ3v) is 4.58. The van der Waals surface area contributed by atoms with Gasteiger partial charge in [-0.25, -0.2) is 5.43 Å². The first-order valence-corrected chi connectivity index (χ1v) is 9.45. The molecule has 0 saturated carbocycles. The number of nitrogens with zero attached hydrogens (tertiary/aromatic N) is 1. The molecule has 148 valence electrons. The molecule has 0 bridgehead atoms. The van der Waals surface area contributed by atoms with Crippen LogP contribution < -0.4 is 15.5 Å². The lowest BCUT2D eigenvalue weighted by atomic mass is 10.2. The van der Waals surface area contributed by atoms with Crippen molar-refractivity contribution in [1.29, 1.82) is 0 Å². The molecule has 0 aromatic heterocycles. The molecule has 6 nitrogen and oxygen atoms in total. The molecule has 0 aliphatic rings. The Morgan fingerprint density at radius 3 is 2.46 bits per heavy atom. The topological polar surface area (TPSA) is 79.8 Å². The lowest BCUT2D eigenvalue weighted by Gasteiger charge is -2.09. The van der Waals surface area contributed by atoms with Crippen molar-refractivity contribution in [3.63, 3.8) is 0 Å². The third kappa shape index (κ3) is 6.87. The molecular formula is C20H21Cl2N3O3. The van der Waals surface area contributed by atoms with Gasteiger partial charge in [0.25, 0.3) is 0 Å². The first kappa shape index (κ1) is 21.7. The molecule has 0 spiro atoms. The summed E-state index contributed by atoms with van der Waals surface area (Å²) in [4.78, 5) is 23.2. The van der Waals surface area contributed by atoms with Gasteiger partial charge in [-0.3, -0.25) is 9.59 Å². The summed E-state index contributed by atoms with van der Waals surface area (Å²) >= 11 is 11.9. The van der Waals surface area contributed by atoms with Crippen molar-refractivity contribution in [3.05, 3.63) is 63.6 Å². The molecule has 1 atom stereocenters. The van der Waals surface area contributed by atoms with Gasteiger partial charge in [-0.1, -0.05) is 36.2 Å². The van der Waals surface area contributed by atoms with Gasteiger partial charge in [0.05, 0.1) is 16.3 Å². The maximum absolute atomic E-state index is 11.6. The molecule has 2 amide bonds. The Hall–Kier alpha value is -2.57. The van der Waals surface area contributed by atoms with Crippen molar-refractivity contribution in [3.8, 4) is 5.75 Å². The predicted molar refractivity (Wildman–Crippen MR) is 111 cm³/mol. The van der Waals surface area contributed by atoms with E-state index in [1.54, 1.807) is 36.4 Å². The number of benzene rings is 2. The first-order valence-electron chi connectivity index (χ1n) is 8.69. The molecule has 8 heteroatoms. The van der Waals surface area contributed by atoms with Crippen molar-refractivity contribution in [1.82, 2.24) is 10.7 Å². The SMILES string of the molecule is CC[C@H](C)NC(=O)C(=O)N/N=C\c1ccc(OCc2ccc(Cl)c(Cl)c2)cc1. The van der Waals surface area contributed by atoms with Crippen LogP contribution in [0.2, 0.25) is 10.0 Å². The van der Waals surface area contributed by atoms with Gasteiger partial charge in [0.2, 0.25) is 0 Å². The fourth-order valence-electron chi connectivity index (χ4n) is 2.05. The molecule has 0 saturated heterocycles. The molecule has 28 heavy (non-hydrogen) atoms. The summed E-state index contributed by atoms with van der Waals surface area (Å²) in [7, 11) is 0. The van der Waals surface area contributed by atoms with Gasteiger partial charge in [0.15, 0.2) is 0 Å². The van der Waals surface area contributed by atoms with E-state index in [-0.39, 0.29) is 6.04 Å². The maximum Gasteiger partial charge on any atom is 0.329 e. The Morgan fingerprint density at radius 2 is 1.82 bits per heavy atom. The minimum atomic E-state index is -0.807. The maximum atomic E-state index is 11.6. The van der Waals surface area contributed by atoms with E-state index in [0.717, 1.165) is 17.5 Å². The Bertz CT molecular complexity index is 854. The number of carbonyl (C=O) groups is 2. The zero-order valence-electron chi connectivity index (χ0n) is 15.5. The Balaban J connectivity index is 1.83. The van der Waals surface area contributed by atoms with Crippen molar-refractivity contribution in [2.45, 2.75) is 32.9 Å². The molecule has 0 aliphatic carbocycles. The summed E-state index contributed by atoms with van der Waals surface area (Å²) in [6, 6.07) is 12.4. The molecule has 2 aromatic carbocycles. The number of carbonyl (C=O) groups excluding carboxylic acids is 2. The van der Waals surface area contributed by atoms with Crippen LogP contribution in [0, 0.1) is 0 Å². The lowest BCUT2D eigenvalue weighted by Crippen LogP contribution is -2.41. The Morgan fingerprint density at radius 1 is 1.11 bits per heavy atom. The van der Waals surface area contributed by atoms with Gasteiger partial charge in [-0.2, -0.15) is 5.10 Å². The third-order valence-electron chi connectivity index (χ3n) is 3.85. The second kappa shape index (κ2) is 10.7. The molecule has 2 N–H and O–H groups in total. The van der Waals surface area contributed by atoms with E-state index in [2.05, 4.69) is 15.8 Å². The number of hydrogen-bond acceptors (Lipinski definition) is 4. The number of amides is 2. The molecule has 0 heterocycles. The molecular weight excluding hydrogens is 401 g/mol. The van der Waals surface area contributed by atoms with Gasteiger partial charge in [-0.15, -0.1) is 0 Å². The number of nitrogens with one attached hydrogen (secondary N) is 2. The normalized spacial score (nSPS) is 11.9. The molecule has 0 aliphatic heterocycles. The number of ether oxygens (including phenoxy) is 1. The van der Waals surface area contributed by atoms with Crippen molar-refractivity contribution in [2.24, 2.45) is 5.10 Å². The molecule has 0 unspecified atom stereocenters. The fraction of sp³-hybridized carbons (Fsp3) is 0.250. The predicted octanol–water partition coefficient (Wildman–Crippen LogP) is 3.94. The van der Waals surface area contributed by atoms with Crippen LogP contribution in [0.1, 0.15) is 31.4 Å². The smallest absolute Gasteiger partial charge is 0.329 e. The van der Waals surface area contributed by atoms with E-state index in [0.29, 0.717) is 22.4 Å². The van der Waals surface area contributed by atoms with E-state index in [4.69, 9.17) is 27.9 Å². The van der Waals surface area contributed by atoms with Crippen LogP contribution in [0.5, 0.6) is 5.75 Å². The monoisotopic (exact) mass is 421 g/mol. The van der Waals surface area contributed by atoms with E-state index < -0.39 is 11.8 Å².